The molecular weight excluding hydrogens is 502 g/mol. The minimum absolute atomic E-state index is 0.124. The molecule has 0 saturated carbocycles. The van der Waals surface area contributed by atoms with Gasteiger partial charge in [0.2, 0.25) is 0 Å². The van der Waals surface area contributed by atoms with Gasteiger partial charge in [-0.05, 0) is 25.7 Å². The Hall–Kier alpha value is -1.16. The van der Waals surface area contributed by atoms with Crippen LogP contribution in [0.3, 0.4) is 0 Å². The Bertz CT molecular complexity index is 539. The number of rotatable bonds is 28. The molecule has 0 aliphatic rings. The maximum atomic E-state index is 11.9. The number of amides is 1. The van der Waals surface area contributed by atoms with E-state index in [2.05, 4.69) is 12.2 Å². The van der Waals surface area contributed by atoms with Gasteiger partial charge in [0.15, 0.2) is 0 Å². The zero-order valence-electron chi connectivity index (χ0n) is 25.1. The summed E-state index contributed by atoms with van der Waals surface area (Å²) in [6.07, 6.45) is 21.8. The Labute approximate surface area is 234 Å². The van der Waals surface area contributed by atoms with Gasteiger partial charge < -0.3 is 28.1 Å². The van der Waals surface area contributed by atoms with Crippen LogP contribution in [0.5, 0.6) is 0 Å². The third-order valence-corrected chi connectivity index (χ3v) is 9.71. The number of hydrogen-bond donors (Lipinski definition) is 1. The number of carbonyl (C=O) groups is 2. The zero-order valence-corrected chi connectivity index (χ0v) is 26.1. The van der Waals surface area contributed by atoms with Crippen LogP contribution in [0.2, 0.25) is 6.04 Å². The number of nitrogens with one attached hydrogen (secondary N) is 1. The zero-order chi connectivity index (χ0) is 28.2. The summed E-state index contributed by atoms with van der Waals surface area (Å²) < 4.78 is 26.5. The fourth-order valence-corrected chi connectivity index (χ4v) is 6.09. The lowest BCUT2D eigenvalue weighted by Gasteiger charge is -2.24. The molecule has 0 unspecified atom stereocenters. The monoisotopic (exact) mass is 561 g/mol. The molecule has 0 heterocycles. The lowest BCUT2D eigenvalue weighted by Crippen LogP contribution is -2.43. The molecule has 0 rings (SSSR count). The highest BCUT2D eigenvalue weighted by atomic mass is 28.4. The summed E-state index contributed by atoms with van der Waals surface area (Å²) in [5, 5.41) is 2.71. The fourth-order valence-electron chi connectivity index (χ4n) is 4.37. The molecule has 38 heavy (non-hydrogen) atoms. The molecule has 0 aliphatic carbocycles. The second kappa shape index (κ2) is 27.4. The molecule has 0 aromatic rings. The molecule has 0 aromatic carbocycles. The van der Waals surface area contributed by atoms with Crippen LogP contribution in [0.25, 0.3) is 0 Å². The Kier molecular flexibility index (Phi) is 26.6. The van der Waals surface area contributed by atoms with E-state index in [0.717, 1.165) is 12.8 Å². The number of alkyl carbamates (subject to hydrolysis) is 1. The van der Waals surface area contributed by atoms with Crippen LogP contribution in [0, 0.1) is 0 Å². The summed E-state index contributed by atoms with van der Waals surface area (Å²) in [6, 6.07) is 0.613. The van der Waals surface area contributed by atoms with Crippen molar-refractivity contribution in [2.75, 3.05) is 41.1 Å². The van der Waals surface area contributed by atoms with Gasteiger partial charge in [-0.3, -0.25) is 4.79 Å². The van der Waals surface area contributed by atoms with Crippen molar-refractivity contribution in [3.05, 3.63) is 0 Å². The van der Waals surface area contributed by atoms with Gasteiger partial charge in [0.1, 0.15) is 0 Å². The van der Waals surface area contributed by atoms with Crippen molar-refractivity contribution in [3.8, 4) is 0 Å². The first-order valence-electron chi connectivity index (χ1n) is 15.2. The standard InChI is InChI=1S/C29H59NO7Si/c1-5-6-7-8-9-10-11-12-13-14-15-16-17-18-19-23-28(31)36-25-20-21-26-37-29(32)30-24-22-27-38(33-2,34-3)35-4/h5-27H2,1-4H3,(H,30,32). The highest BCUT2D eigenvalue weighted by Crippen LogP contribution is 2.15. The number of esters is 1. The molecule has 1 N–H and O–H groups in total. The van der Waals surface area contributed by atoms with Crippen molar-refractivity contribution < 1.29 is 32.3 Å². The van der Waals surface area contributed by atoms with Gasteiger partial charge in [0.25, 0.3) is 0 Å². The molecule has 1 amide bonds. The Morgan fingerprint density at radius 1 is 0.579 bits per heavy atom. The fraction of sp³-hybridized carbons (Fsp3) is 0.931. The van der Waals surface area contributed by atoms with Crippen molar-refractivity contribution in [2.24, 2.45) is 0 Å². The van der Waals surface area contributed by atoms with Crippen LogP contribution >= 0.6 is 0 Å². The molecule has 8 nitrogen and oxygen atoms in total. The summed E-state index contributed by atoms with van der Waals surface area (Å²) in [5.41, 5.74) is 0. The minimum atomic E-state index is -2.60. The normalized spacial score (nSPS) is 11.5. The average molecular weight is 562 g/mol. The largest absolute Gasteiger partial charge is 0.500 e. The highest BCUT2D eigenvalue weighted by Gasteiger charge is 2.36. The van der Waals surface area contributed by atoms with Crippen molar-refractivity contribution in [3.63, 3.8) is 0 Å². The van der Waals surface area contributed by atoms with E-state index < -0.39 is 14.9 Å². The predicted octanol–water partition coefficient (Wildman–Crippen LogP) is 7.57. The SMILES string of the molecule is CCCCCCCCCCCCCCCCCC(=O)OCCCCOC(=O)NCCC[Si](OC)(OC)OC. The quantitative estimate of drug-likeness (QED) is 0.0598. The van der Waals surface area contributed by atoms with Crippen molar-refractivity contribution in [2.45, 2.75) is 135 Å². The molecule has 226 valence electrons. The Morgan fingerprint density at radius 2 is 1.03 bits per heavy atom. The molecule has 0 radical (unpaired) electrons. The van der Waals surface area contributed by atoms with Crippen molar-refractivity contribution in [1.82, 2.24) is 5.32 Å². The molecule has 0 bridgehead atoms. The van der Waals surface area contributed by atoms with Crippen LogP contribution in [0.15, 0.2) is 0 Å². The number of carbonyl (C=O) groups excluding carboxylic acids is 2. The van der Waals surface area contributed by atoms with Crippen LogP contribution in [-0.2, 0) is 27.5 Å². The molecule has 0 aliphatic heterocycles. The summed E-state index contributed by atoms with van der Waals surface area (Å²) in [6.45, 7) is 3.40. The highest BCUT2D eigenvalue weighted by molar-refractivity contribution is 6.60. The second-order valence-corrected chi connectivity index (χ2v) is 13.2. The number of ether oxygens (including phenoxy) is 2. The lowest BCUT2D eigenvalue weighted by molar-refractivity contribution is -0.144. The molecule has 9 heteroatoms. The first kappa shape index (κ1) is 36.8. The van der Waals surface area contributed by atoms with E-state index in [0.29, 0.717) is 51.5 Å². The molecular formula is C29H59NO7Si. The molecule has 0 fully saturated rings. The summed E-state index contributed by atoms with van der Waals surface area (Å²) in [7, 11) is 2.11. The Balaban J connectivity index is 3.39. The summed E-state index contributed by atoms with van der Waals surface area (Å²) in [4.78, 5) is 23.6. The van der Waals surface area contributed by atoms with Gasteiger partial charge in [-0.1, -0.05) is 96.8 Å². The van der Waals surface area contributed by atoms with E-state index in [1.54, 1.807) is 21.3 Å². The van der Waals surface area contributed by atoms with Crippen molar-refractivity contribution in [1.29, 1.82) is 0 Å². The third-order valence-electron chi connectivity index (χ3n) is 6.88. The maximum absolute atomic E-state index is 11.9. The van der Waals surface area contributed by atoms with Gasteiger partial charge in [-0.25, -0.2) is 4.79 Å². The third kappa shape index (κ3) is 22.8. The minimum Gasteiger partial charge on any atom is -0.466 e. The van der Waals surface area contributed by atoms with Crippen LogP contribution < -0.4 is 5.32 Å². The van der Waals surface area contributed by atoms with Gasteiger partial charge in [-0.15, -0.1) is 0 Å². The molecule has 0 spiro atoms. The smallest absolute Gasteiger partial charge is 0.466 e. The molecule has 0 atom stereocenters. The Morgan fingerprint density at radius 3 is 1.50 bits per heavy atom. The first-order chi connectivity index (χ1) is 18.5. The molecule has 0 aromatic heterocycles. The predicted molar refractivity (Wildman–Crippen MR) is 155 cm³/mol. The van der Waals surface area contributed by atoms with Crippen LogP contribution in [-0.4, -0.2) is 62.0 Å². The van der Waals surface area contributed by atoms with E-state index in [4.69, 9.17) is 22.8 Å². The number of unbranched alkanes of at least 4 members (excludes halogenated alkanes) is 15. The summed E-state index contributed by atoms with van der Waals surface area (Å²) >= 11 is 0. The maximum Gasteiger partial charge on any atom is 0.500 e. The summed E-state index contributed by atoms with van der Waals surface area (Å²) in [5.74, 6) is -0.124. The number of hydrogen-bond acceptors (Lipinski definition) is 7. The van der Waals surface area contributed by atoms with E-state index in [-0.39, 0.29) is 5.97 Å². The molecule has 0 saturated heterocycles. The van der Waals surface area contributed by atoms with E-state index in [1.807, 2.05) is 0 Å². The van der Waals surface area contributed by atoms with Crippen molar-refractivity contribution >= 4 is 20.9 Å². The van der Waals surface area contributed by atoms with Gasteiger partial charge in [-0.2, -0.15) is 0 Å². The van der Waals surface area contributed by atoms with Gasteiger partial charge in [0.05, 0.1) is 13.2 Å². The van der Waals surface area contributed by atoms with Crippen LogP contribution in [0.4, 0.5) is 4.79 Å². The van der Waals surface area contributed by atoms with E-state index in [1.165, 1.54) is 83.5 Å². The van der Waals surface area contributed by atoms with Gasteiger partial charge >= 0.3 is 20.9 Å². The van der Waals surface area contributed by atoms with Gasteiger partial charge in [0, 0.05) is 40.3 Å². The lowest BCUT2D eigenvalue weighted by atomic mass is 10.0. The topological polar surface area (TPSA) is 92.3 Å². The van der Waals surface area contributed by atoms with E-state index in [9.17, 15) is 9.59 Å². The first-order valence-corrected chi connectivity index (χ1v) is 17.2. The average Bonchev–Trinajstić information content (AvgIpc) is 2.93. The second-order valence-electron chi connectivity index (χ2n) is 10.1. The van der Waals surface area contributed by atoms with Crippen LogP contribution in [0.1, 0.15) is 129 Å². The van der Waals surface area contributed by atoms with E-state index >= 15 is 0 Å².